The van der Waals surface area contributed by atoms with Gasteiger partial charge in [-0.25, -0.2) is 8.42 Å². The number of nitro groups is 1. The van der Waals surface area contributed by atoms with Gasteiger partial charge in [-0.05, 0) is 70.6 Å². The van der Waals surface area contributed by atoms with E-state index in [1.165, 1.54) is 41.0 Å². The zero-order valence-electron chi connectivity index (χ0n) is 22.2. The van der Waals surface area contributed by atoms with Crippen molar-refractivity contribution in [3.05, 3.63) is 112 Å². The molecule has 0 aromatic heterocycles. The first-order valence-electron chi connectivity index (χ1n) is 12.7. The highest BCUT2D eigenvalue weighted by molar-refractivity contribution is 7.92. The van der Waals surface area contributed by atoms with Gasteiger partial charge in [-0.1, -0.05) is 36.4 Å². The Morgan fingerprint density at radius 2 is 1.43 bits per heavy atom. The highest BCUT2D eigenvalue weighted by Gasteiger charge is 2.20. The lowest BCUT2D eigenvalue weighted by Crippen LogP contribution is -2.30. The zero-order chi connectivity index (χ0) is 28.3. The largest absolute Gasteiger partial charge is 0.493 e. The standard InChI is InChI=1S/C30H29N3O6S/c1-38-29-17-24-15-16-32(20-25(24)18-30(29)39-2)19-21-3-5-22(6-4-21)23-7-9-26(10-8-23)31-40(36,37)28-13-11-27(12-14-28)33(34)35/h3-14,17-18,31H,15-16,19-20H2,1-2H3. The molecule has 1 heterocycles. The lowest BCUT2D eigenvalue weighted by atomic mass is 9.98. The van der Waals surface area contributed by atoms with Crippen molar-refractivity contribution >= 4 is 21.4 Å². The summed E-state index contributed by atoms with van der Waals surface area (Å²) in [5.74, 6) is 1.51. The van der Waals surface area contributed by atoms with E-state index in [1.54, 1.807) is 26.4 Å². The van der Waals surface area contributed by atoms with E-state index >= 15 is 0 Å². The molecule has 1 aliphatic rings. The van der Waals surface area contributed by atoms with E-state index in [2.05, 4.69) is 46.0 Å². The summed E-state index contributed by atoms with van der Waals surface area (Å²) in [4.78, 5) is 12.6. The van der Waals surface area contributed by atoms with E-state index in [9.17, 15) is 18.5 Å². The Hall–Kier alpha value is -4.41. The number of non-ortho nitro benzene ring substituents is 1. The first-order chi connectivity index (χ1) is 19.3. The predicted octanol–water partition coefficient (Wildman–Crippen LogP) is 5.64. The second kappa shape index (κ2) is 11.4. The van der Waals surface area contributed by atoms with Gasteiger partial charge in [0.15, 0.2) is 11.5 Å². The number of hydrogen-bond acceptors (Lipinski definition) is 7. The van der Waals surface area contributed by atoms with Crippen LogP contribution in [0.1, 0.15) is 16.7 Å². The smallest absolute Gasteiger partial charge is 0.269 e. The third-order valence-electron chi connectivity index (χ3n) is 6.99. The van der Waals surface area contributed by atoms with Gasteiger partial charge in [0.2, 0.25) is 0 Å². The van der Waals surface area contributed by atoms with Gasteiger partial charge in [0.05, 0.1) is 24.0 Å². The molecule has 0 saturated carbocycles. The van der Waals surface area contributed by atoms with E-state index in [1.807, 2.05) is 12.1 Å². The summed E-state index contributed by atoms with van der Waals surface area (Å²) < 4.78 is 38.8. The first-order valence-corrected chi connectivity index (χ1v) is 14.2. The van der Waals surface area contributed by atoms with Crippen LogP contribution in [-0.2, 0) is 29.5 Å². The van der Waals surface area contributed by atoms with Crippen LogP contribution in [0.15, 0.2) is 89.8 Å². The average molecular weight is 560 g/mol. The molecule has 10 heteroatoms. The molecule has 4 aromatic carbocycles. The maximum absolute atomic E-state index is 12.7. The van der Waals surface area contributed by atoms with Gasteiger partial charge in [0.1, 0.15) is 0 Å². The fourth-order valence-electron chi connectivity index (χ4n) is 4.83. The Kier molecular flexibility index (Phi) is 7.72. The van der Waals surface area contributed by atoms with Crippen LogP contribution in [0, 0.1) is 10.1 Å². The Labute approximate surface area is 233 Å². The summed E-state index contributed by atoms with van der Waals surface area (Å²) in [6.07, 6.45) is 0.952. The van der Waals surface area contributed by atoms with E-state index in [0.717, 1.165) is 48.7 Å². The Morgan fingerprint density at radius 3 is 2.00 bits per heavy atom. The third kappa shape index (κ3) is 5.93. The highest BCUT2D eigenvalue weighted by Crippen LogP contribution is 2.33. The van der Waals surface area contributed by atoms with Crippen LogP contribution in [0.3, 0.4) is 0 Å². The van der Waals surface area contributed by atoms with Crippen molar-refractivity contribution in [1.29, 1.82) is 0 Å². The number of sulfonamides is 1. The maximum atomic E-state index is 12.7. The number of benzene rings is 4. The molecule has 4 aromatic rings. The van der Waals surface area contributed by atoms with Crippen LogP contribution >= 0.6 is 0 Å². The van der Waals surface area contributed by atoms with Crippen molar-refractivity contribution in [2.24, 2.45) is 0 Å². The minimum Gasteiger partial charge on any atom is -0.493 e. The number of nitrogens with one attached hydrogen (secondary N) is 1. The summed E-state index contributed by atoms with van der Waals surface area (Å²) in [6, 6.07) is 24.4. The zero-order valence-corrected chi connectivity index (χ0v) is 23.0. The third-order valence-corrected chi connectivity index (χ3v) is 8.38. The van der Waals surface area contributed by atoms with Crippen LogP contribution in [0.25, 0.3) is 11.1 Å². The molecule has 0 amide bonds. The van der Waals surface area contributed by atoms with Crippen LogP contribution in [0.5, 0.6) is 11.5 Å². The Balaban J connectivity index is 1.22. The molecule has 9 nitrogen and oxygen atoms in total. The fraction of sp³-hybridized carbons (Fsp3) is 0.200. The number of nitro benzene ring substituents is 1. The van der Waals surface area contributed by atoms with Crippen molar-refractivity contribution < 1.29 is 22.8 Å². The van der Waals surface area contributed by atoms with Gasteiger partial charge >= 0.3 is 0 Å². The Bertz CT molecular complexity index is 1620. The molecular weight excluding hydrogens is 530 g/mol. The van der Waals surface area contributed by atoms with Gasteiger partial charge in [0, 0.05) is 37.5 Å². The topological polar surface area (TPSA) is 111 Å². The fourth-order valence-corrected chi connectivity index (χ4v) is 5.89. The molecule has 0 radical (unpaired) electrons. The van der Waals surface area contributed by atoms with E-state index in [4.69, 9.17) is 9.47 Å². The molecule has 0 aliphatic carbocycles. The van der Waals surface area contributed by atoms with Crippen LogP contribution in [0.2, 0.25) is 0 Å². The normalized spacial score (nSPS) is 13.3. The van der Waals surface area contributed by atoms with Gasteiger partial charge in [-0.2, -0.15) is 0 Å². The maximum Gasteiger partial charge on any atom is 0.269 e. The average Bonchev–Trinajstić information content (AvgIpc) is 2.97. The van der Waals surface area contributed by atoms with Crippen molar-refractivity contribution in [3.8, 4) is 22.6 Å². The van der Waals surface area contributed by atoms with E-state index in [-0.39, 0.29) is 10.6 Å². The summed E-state index contributed by atoms with van der Waals surface area (Å²) in [5.41, 5.74) is 5.97. The summed E-state index contributed by atoms with van der Waals surface area (Å²) in [5, 5.41) is 10.8. The molecule has 0 unspecified atom stereocenters. The van der Waals surface area contributed by atoms with Crippen LogP contribution in [0.4, 0.5) is 11.4 Å². The number of hydrogen-bond donors (Lipinski definition) is 1. The van der Waals surface area contributed by atoms with Crippen LogP contribution in [-0.4, -0.2) is 39.0 Å². The molecule has 0 spiro atoms. The van der Waals surface area contributed by atoms with Gasteiger partial charge < -0.3 is 9.47 Å². The molecule has 206 valence electrons. The SMILES string of the molecule is COc1cc2c(cc1OC)CN(Cc1ccc(-c3ccc(NS(=O)(=O)c4ccc([N+](=O)[O-])cc4)cc3)cc1)CC2. The first kappa shape index (κ1) is 27.2. The number of methoxy groups -OCH3 is 2. The molecule has 0 fully saturated rings. The van der Waals surface area contributed by atoms with Crippen molar-refractivity contribution in [1.82, 2.24) is 4.90 Å². The Morgan fingerprint density at radius 1 is 0.850 bits per heavy atom. The highest BCUT2D eigenvalue weighted by atomic mass is 32.2. The molecular formula is C30H29N3O6S. The van der Waals surface area contributed by atoms with Crippen molar-refractivity contribution in [2.45, 2.75) is 24.4 Å². The van der Waals surface area contributed by atoms with Gasteiger partial charge in [0.25, 0.3) is 15.7 Å². The molecule has 1 N–H and O–H groups in total. The molecule has 1 aliphatic heterocycles. The number of ether oxygens (including phenoxy) is 2. The molecule has 5 rings (SSSR count). The minimum absolute atomic E-state index is 0.0474. The predicted molar refractivity (Wildman–Crippen MR) is 153 cm³/mol. The number of nitrogens with zero attached hydrogens (tertiary/aromatic N) is 2. The monoisotopic (exact) mass is 559 g/mol. The lowest BCUT2D eigenvalue weighted by Gasteiger charge is -2.29. The molecule has 0 atom stereocenters. The van der Waals surface area contributed by atoms with Crippen molar-refractivity contribution in [2.75, 3.05) is 25.5 Å². The van der Waals surface area contributed by atoms with Gasteiger partial charge in [-0.3, -0.25) is 19.7 Å². The minimum atomic E-state index is -3.87. The molecule has 0 saturated heterocycles. The van der Waals surface area contributed by atoms with Crippen molar-refractivity contribution in [3.63, 3.8) is 0 Å². The van der Waals surface area contributed by atoms with Crippen LogP contribution < -0.4 is 14.2 Å². The summed E-state index contributed by atoms with van der Waals surface area (Å²) in [6.45, 7) is 2.63. The second-order valence-electron chi connectivity index (χ2n) is 9.57. The summed E-state index contributed by atoms with van der Waals surface area (Å²) >= 11 is 0. The number of anilines is 1. The van der Waals surface area contributed by atoms with E-state index in [0.29, 0.717) is 5.69 Å². The van der Waals surface area contributed by atoms with Gasteiger partial charge in [-0.15, -0.1) is 0 Å². The van der Waals surface area contributed by atoms with E-state index < -0.39 is 14.9 Å². The summed E-state index contributed by atoms with van der Waals surface area (Å²) in [7, 11) is -0.561. The number of fused-ring (bicyclic) bond motifs is 1. The second-order valence-corrected chi connectivity index (χ2v) is 11.2. The quantitative estimate of drug-likeness (QED) is 0.209. The lowest BCUT2D eigenvalue weighted by molar-refractivity contribution is -0.384. The molecule has 40 heavy (non-hydrogen) atoms. The number of rotatable bonds is 9. The molecule has 0 bridgehead atoms.